The average Bonchev–Trinajstić information content (AvgIpc) is 2.70. The van der Waals surface area contributed by atoms with E-state index in [4.69, 9.17) is 10.6 Å². The van der Waals surface area contributed by atoms with E-state index in [-0.39, 0.29) is 24.4 Å². The van der Waals surface area contributed by atoms with Crippen LogP contribution < -0.4 is 16.0 Å². The van der Waals surface area contributed by atoms with Crippen molar-refractivity contribution >= 4 is 17.6 Å². The molecule has 1 saturated carbocycles. The number of carbonyl (C=O) groups excluding carboxylic acids is 1. The molecule has 0 bridgehead atoms. The molecule has 1 saturated heterocycles. The quantitative estimate of drug-likeness (QED) is 0.454. The Morgan fingerprint density at radius 2 is 2.04 bits per heavy atom. The molecule has 1 aliphatic carbocycles. The zero-order valence-corrected chi connectivity index (χ0v) is 16.2. The van der Waals surface area contributed by atoms with Crippen LogP contribution in [0.25, 0.3) is 0 Å². The first kappa shape index (κ1) is 19.5. The lowest BCUT2D eigenvalue weighted by Gasteiger charge is -2.29. The van der Waals surface area contributed by atoms with E-state index in [0.29, 0.717) is 11.5 Å². The second-order valence-corrected chi connectivity index (χ2v) is 7.64. The highest BCUT2D eigenvalue weighted by molar-refractivity contribution is 5.97. The van der Waals surface area contributed by atoms with Gasteiger partial charge in [-0.05, 0) is 50.2 Å². The number of nitrogens with zero attached hydrogens (tertiary/aromatic N) is 3. The Kier molecular flexibility index (Phi) is 6.90. The van der Waals surface area contributed by atoms with E-state index in [0.717, 1.165) is 31.7 Å². The minimum absolute atomic E-state index is 0.122. The van der Waals surface area contributed by atoms with Gasteiger partial charge in [0.2, 0.25) is 0 Å². The summed E-state index contributed by atoms with van der Waals surface area (Å²) in [7, 11) is 0. The molecule has 1 aromatic heterocycles. The number of carbonyl (C=O) groups is 1. The molecule has 0 unspecified atom stereocenters. The molecule has 0 spiro atoms. The topological polar surface area (TPSA) is 92.8 Å². The van der Waals surface area contributed by atoms with Gasteiger partial charge in [-0.15, -0.1) is 0 Å². The summed E-state index contributed by atoms with van der Waals surface area (Å²) in [5.41, 5.74) is 6.65. The van der Waals surface area contributed by atoms with E-state index >= 15 is 0 Å². The maximum atomic E-state index is 12.0. The van der Waals surface area contributed by atoms with Crippen molar-refractivity contribution in [1.82, 2.24) is 10.3 Å². The van der Waals surface area contributed by atoms with Gasteiger partial charge >= 0.3 is 0 Å². The number of piperidine rings is 1. The largest absolute Gasteiger partial charge is 0.384 e. The fraction of sp³-hybridized carbons (Fsp3) is 0.650. The van der Waals surface area contributed by atoms with Gasteiger partial charge in [0.25, 0.3) is 5.91 Å². The third-order valence-electron chi connectivity index (χ3n) is 5.54. The predicted octanol–water partition coefficient (Wildman–Crippen LogP) is 2.40. The van der Waals surface area contributed by atoms with Crippen molar-refractivity contribution in [3.05, 3.63) is 23.9 Å². The summed E-state index contributed by atoms with van der Waals surface area (Å²) < 4.78 is 0. The van der Waals surface area contributed by atoms with Crippen molar-refractivity contribution in [2.75, 3.05) is 24.6 Å². The van der Waals surface area contributed by atoms with Gasteiger partial charge in [-0.2, -0.15) is 0 Å². The number of aromatic nitrogens is 1. The summed E-state index contributed by atoms with van der Waals surface area (Å²) in [4.78, 5) is 23.9. The van der Waals surface area contributed by atoms with Crippen molar-refractivity contribution in [2.24, 2.45) is 16.8 Å². The van der Waals surface area contributed by atoms with Gasteiger partial charge < -0.3 is 20.8 Å². The van der Waals surface area contributed by atoms with Gasteiger partial charge in [-0.3, -0.25) is 4.79 Å². The second-order valence-electron chi connectivity index (χ2n) is 7.64. The van der Waals surface area contributed by atoms with Crippen molar-refractivity contribution < 1.29 is 9.63 Å². The van der Waals surface area contributed by atoms with Crippen molar-refractivity contribution in [3.63, 3.8) is 0 Å². The molecule has 1 amide bonds. The van der Waals surface area contributed by atoms with Gasteiger partial charge in [0, 0.05) is 30.9 Å². The zero-order chi connectivity index (χ0) is 19.1. The Morgan fingerprint density at radius 3 is 2.74 bits per heavy atom. The molecule has 2 atom stereocenters. The van der Waals surface area contributed by atoms with Gasteiger partial charge in [-0.1, -0.05) is 24.9 Å². The predicted molar refractivity (Wildman–Crippen MR) is 107 cm³/mol. The Hall–Kier alpha value is -2.31. The molecule has 7 nitrogen and oxygen atoms in total. The summed E-state index contributed by atoms with van der Waals surface area (Å²) >= 11 is 0. The lowest BCUT2D eigenvalue weighted by molar-refractivity contribution is -0.126. The van der Waals surface area contributed by atoms with Crippen molar-refractivity contribution in [2.45, 2.75) is 57.9 Å². The Balaban J connectivity index is 1.46. The van der Waals surface area contributed by atoms with Crippen LogP contribution in [0.5, 0.6) is 0 Å². The molecule has 3 rings (SSSR count). The molecule has 27 heavy (non-hydrogen) atoms. The molecule has 2 fully saturated rings. The highest BCUT2D eigenvalue weighted by Crippen LogP contribution is 2.23. The van der Waals surface area contributed by atoms with E-state index in [9.17, 15) is 4.79 Å². The highest BCUT2D eigenvalue weighted by Gasteiger charge is 2.22. The third kappa shape index (κ3) is 5.58. The van der Waals surface area contributed by atoms with Crippen LogP contribution in [0.4, 0.5) is 5.82 Å². The molecule has 1 aliphatic heterocycles. The second kappa shape index (κ2) is 9.58. The van der Waals surface area contributed by atoms with E-state index in [2.05, 4.69) is 27.3 Å². The summed E-state index contributed by atoms with van der Waals surface area (Å²) in [6.45, 7) is 4.16. The summed E-state index contributed by atoms with van der Waals surface area (Å²) in [5, 5.41) is 6.90. The van der Waals surface area contributed by atoms with E-state index < -0.39 is 0 Å². The Labute approximate surface area is 161 Å². The number of hydrogen-bond donors (Lipinski definition) is 2. The van der Waals surface area contributed by atoms with Crippen LogP contribution in [-0.2, 0) is 9.63 Å². The number of hydrogen-bond acceptors (Lipinski definition) is 5. The Bertz CT molecular complexity index is 640. The molecule has 2 aliphatic rings. The first-order valence-corrected chi connectivity index (χ1v) is 10.1. The van der Waals surface area contributed by atoms with E-state index in [1.165, 1.54) is 32.1 Å². The van der Waals surface area contributed by atoms with Crippen LogP contribution >= 0.6 is 0 Å². The molecule has 148 valence electrons. The molecule has 3 N–H and O–H groups in total. The van der Waals surface area contributed by atoms with Crippen molar-refractivity contribution in [1.29, 1.82) is 0 Å². The van der Waals surface area contributed by atoms with Gasteiger partial charge in [-0.25, -0.2) is 4.98 Å². The number of nitrogens with one attached hydrogen (secondary N) is 1. The van der Waals surface area contributed by atoms with Crippen LogP contribution in [-0.4, -0.2) is 42.5 Å². The monoisotopic (exact) mass is 373 g/mol. The van der Waals surface area contributed by atoms with E-state index in [1.54, 1.807) is 6.20 Å². The standard InChI is InChI=1S/C20H31N5O2/c1-15-7-3-4-8-17(15)23-19(26)14-27-24-20(21)16-9-10-18(22-13-16)25-11-5-2-6-12-25/h9-10,13,15,17H,2-8,11-12,14H2,1H3,(H2,21,24)(H,23,26)/t15-,17+/m0/s1. The number of amides is 1. The highest BCUT2D eigenvalue weighted by atomic mass is 16.6. The van der Waals surface area contributed by atoms with Gasteiger partial charge in [0.05, 0.1) is 0 Å². The summed E-state index contributed by atoms with van der Waals surface area (Å²) in [6, 6.07) is 4.09. The maximum Gasteiger partial charge on any atom is 0.261 e. The molecule has 7 heteroatoms. The Morgan fingerprint density at radius 1 is 1.26 bits per heavy atom. The molecule has 0 aromatic carbocycles. The fourth-order valence-corrected chi connectivity index (χ4v) is 3.84. The average molecular weight is 374 g/mol. The normalized spacial score (nSPS) is 23.7. The first-order chi connectivity index (χ1) is 13.1. The van der Waals surface area contributed by atoms with Crippen LogP contribution in [0, 0.1) is 5.92 Å². The number of amidine groups is 1. The van der Waals surface area contributed by atoms with Crippen molar-refractivity contribution in [3.8, 4) is 0 Å². The maximum absolute atomic E-state index is 12.0. The van der Waals surface area contributed by atoms with Gasteiger partial charge in [0.1, 0.15) is 5.82 Å². The lowest BCUT2D eigenvalue weighted by Crippen LogP contribution is -2.42. The molecule has 0 radical (unpaired) electrons. The third-order valence-corrected chi connectivity index (χ3v) is 5.54. The zero-order valence-electron chi connectivity index (χ0n) is 16.2. The fourth-order valence-electron chi connectivity index (χ4n) is 3.84. The number of nitrogens with two attached hydrogens (primary N) is 1. The molecular formula is C20H31N5O2. The lowest BCUT2D eigenvalue weighted by atomic mass is 9.86. The van der Waals surface area contributed by atoms with Crippen LogP contribution in [0.15, 0.2) is 23.5 Å². The summed E-state index contributed by atoms with van der Waals surface area (Å²) in [5.74, 6) is 1.56. The van der Waals surface area contributed by atoms with Gasteiger partial charge in [0.15, 0.2) is 12.4 Å². The minimum atomic E-state index is -0.149. The SMILES string of the molecule is C[C@H]1CCCC[C@H]1NC(=O)CO/N=C(\N)c1ccc(N2CCCCC2)nc1. The number of oxime groups is 1. The van der Waals surface area contributed by atoms with Crippen LogP contribution in [0.1, 0.15) is 57.4 Å². The molecular weight excluding hydrogens is 342 g/mol. The van der Waals surface area contributed by atoms with Crippen LogP contribution in [0.2, 0.25) is 0 Å². The van der Waals surface area contributed by atoms with Crippen LogP contribution in [0.3, 0.4) is 0 Å². The number of anilines is 1. The van der Waals surface area contributed by atoms with E-state index in [1.807, 2.05) is 12.1 Å². The minimum Gasteiger partial charge on any atom is -0.384 e. The first-order valence-electron chi connectivity index (χ1n) is 10.1. The summed E-state index contributed by atoms with van der Waals surface area (Å²) in [6.07, 6.45) is 10.0. The molecule has 2 heterocycles. The smallest absolute Gasteiger partial charge is 0.261 e. The number of rotatable bonds is 6. The number of pyridine rings is 1. The molecule has 1 aromatic rings.